The zero-order valence-corrected chi connectivity index (χ0v) is 15.2. The van der Waals surface area contributed by atoms with Crippen LogP contribution >= 0.6 is 11.8 Å². The molecule has 8 heteroatoms. The molecule has 2 aromatic rings. The highest BCUT2D eigenvalue weighted by atomic mass is 32.2. The number of nitrogens with zero attached hydrogens (tertiary/aromatic N) is 3. The number of aryl methyl sites for hydroxylation is 1. The number of nitrogens with one attached hydrogen (secondary N) is 1. The molecule has 1 atom stereocenters. The molecule has 1 N–H and O–H groups in total. The Morgan fingerprint density at radius 1 is 1.36 bits per heavy atom. The van der Waals surface area contributed by atoms with Gasteiger partial charge in [0.2, 0.25) is 12.7 Å². The summed E-state index contributed by atoms with van der Waals surface area (Å²) in [5.74, 6) is 1.25. The van der Waals surface area contributed by atoms with Crippen molar-refractivity contribution in [3.8, 4) is 11.5 Å². The number of benzene rings is 1. The molecule has 1 aromatic carbocycles. The summed E-state index contributed by atoms with van der Waals surface area (Å²) in [6.45, 7) is 5.12. The number of unbranched alkanes of at least 4 members (excludes halogenated alkanes) is 2. The number of rotatable bonds is 8. The molecule has 25 heavy (non-hydrogen) atoms. The normalized spacial score (nSPS) is 13.7. The maximum atomic E-state index is 12.4. The summed E-state index contributed by atoms with van der Waals surface area (Å²) in [6, 6.07) is 5.36. The van der Waals surface area contributed by atoms with Crippen LogP contribution in [0.1, 0.15) is 33.1 Å². The van der Waals surface area contributed by atoms with Gasteiger partial charge in [-0.1, -0.05) is 31.5 Å². The number of thioether (sulfide) groups is 1. The van der Waals surface area contributed by atoms with E-state index in [4.69, 9.17) is 9.47 Å². The van der Waals surface area contributed by atoms with E-state index in [9.17, 15) is 4.79 Å². The number of amides is 1. The van der Waals surface area contributed by atoms with Crippen molar-refractivity contribution in [2.45, 2.75) is 50.1 Å². The first-order chi connectivity index (χ1) is 12.2. The van der Waals surface area contributed by atoms with E-state index in [2.05, 4.69) is 22.4 Å². The molecule has 0 aliphatic carbocycles. The molecule has 0 radical (unpaired) electrons. The fraction of sp³-hybridized carbons (Fsp3) is 0.471. The van der Waals surface area contributed by atoms with E-state index in [0.29, 0.717) is 17.2 Å². The SMILES string of the molecule is CCCCCn1cnnc1S[C@@H](C)C(=O)Nc1ccc2c(c1)OCO2. The molecule has 1 aliphatic heterocycles. The second-order valence-electron chi connectivity index (χ2n) is 5.83. The standard InChI is InChI=1S/C17H22N4O3S/c1-3-4-5-8-21-10-18-20-17(21)25-12(2)16(22)19-13-6-7-14-15(9-13)24-11-23-14/h6-7,9-10,12H,3-5,8,11H2,1-2H3,(H,19,22)/t12-/m0/s1. The molecule has 0 bridgehead atoms. The molecule has 7 nitrogen and oxygen atoms in total. The summed E-state index contributed by atoms with van der Waals surface area (Å²) in [7, 11) is 0. The van der Waals surface area contributed by atoms with E-state index in [-0.39, 0.29) is 18.0 Å². The first-order valence-electron chi connectivity index (χ1n) is 8.42. The van der Waals surface area contributed by atoms with Crippen LogP contribution in [0.3, 0.4) is 0 Å². The highest BCUT2D eigenvalue weighted by Gasteiger charge is 2.19. The first-order valence-corrected chi connectivity index (χ1v) is 9.30. The van der Waals surface area contributed by atoms with Gasteiger partial charge in [0.15, 0.2) is 16.7 Å². The predicted molar refractivity (Wildman–Crippen MR) is 96.1 cm³/mol. The maximum Gasteiger partial charge on any atom is 0.237 e. The van der Waals surface area contributed by atoms with Gasteiger partial charge in [-0.2, -0.15) is 0 Å². The Hall–Kier alpha value is -2.22. The van der Waals surface area contributed by atoms with E-state index in [1.807, 2.05) is 11.5 Å². The minimum atomic E-state index is -0.292. The number of aromatic nitrogens is 3. The first kappa shape index (κ1) is 17.6. The smallest absolute Gasteiger partial charge is 0.237 e. The van der Waals surface area contributed by atoms with Gasteiger partial charge in [-0.25, -0.2) is 0 Å². The van der Waals surface area contributed by atoms with E-state index in [1.165, 1.54) is 24.6 Å². The molecule has 0 unspecified atom stereocenters. The third kappa shape index (κ3) is 4.45. The lowest BCUT2D eigenvalue weighted by Gasteiger charge is -2.12. The number of anilines is 1. The summed E-state index contributed by atoms with van der Waals surface area (Å²) in [5, 5.41) is 11.5. The Bertz CT molecular complexity index is 734. The van der Waals surface area contributed by atoms with Crippen LogP contribution in [-0.4, -0.2) is 32.7 Å². The van der Waals surface area contributed by atoms with E-state index in [1.54, 1.807) is 24.5 Å². The summed E-state index contributed by atoms with van der Waals surface area (Å²) in [4.78, 5) is 12.4. The lowest BCUT2D eigenvalue weighted by atomic mass is 10.2. The molecule has 1 aromatic heterocycles. The lowest BCUT2D eigenvalue weighted by Crippen LogP contribution is -2.22. The Morgan fingerprint density at radius 2 is 2.20 bits per heavy atom. The third-order valence-corrected chi connectivity index (χ3v) is 4.97. The molecule has 0 saturated carbocycles. The van der Waals surface area contributed by atoms with Gasteiger partial charge in [0.05, 0.1) is 5.25 Å². The number of carbonyl (C=O) groups is 1. The fourth-order valence-electron chi connectivity index (χ4n) is 2.45. The van der Waals surface area contributed by atoms with Crippen LogP contribution in [0.25, 0.3) is 0 Å². The maximum absolute atomic E-state index is 12.4. The van der Waals surface area contributed by atoms with Crippen molar-refractivity contribution >= 4 is 23.4 Å². The van der Waals surface area contributed by atoms with Crippen LogP contribution in [0.2, 0.25) is 0 Å². The van der Waals surface area contributed by atoms with Crippen molar-refractivity contribution in [2.75, 3.05) is 12.1 Å². The average Bonchev–Trinajstić information content (AvgIpc) is 3.24. The zero-order valence-electron chi connectivity index (χ0n) is 14.4. The Morgan fingerprint density at radius 3 is 3.04 bits per heavy atom. The summed E-state index contributed by atoms with van der Waals surface area (Å²) in [5.41, 5.74) is 0.686. The number of hydrogen-bond donors (Lipinski definition) is 1. The zero-order chi connectivity index (χ0) is 17.6. The average molecular weight is 362 g/mol. The number of ether oxygens (including phenoxy) is 2. The predicted octanol–water partition coefficient (Wildman–Crippen LogP) is 3.32. The fourth-order valence-corrected chi connectivity index (χ4v) is 3.30. The number of hydrogen-bond acceptors (Lipinski definition) is 6. The summed E-state index contributed by atoms with van der Waals surface area (Å²) in [6.07, 6.45) is 5.14. The molecular formula is C17H22N4O3S. The third-order valence-electron chi connectivity index (χ3n) is 3.87. The van der Waals surface area contributed by atoms with Crippen LogP contribution in [0.15, 0.2) is 29.7 Å². The second kappa shape index (κ2) is 8.24. The molecular weight excluding hydrogens is 340 g/mol. The molecule has 2 heterocycles. The van der Waals surface area contributed by atoms with Gasteiger partial charge in [0.25, 0.3) is 0 Å². The molecule has 1 aliphatic rings. The van der Waals surface area contributed by atoms with Gasteiger partial charge in [-0.15, -0.1) is 10.2 Å². The minimum absolute atomic E-state index is 0.0908. The van der Waals surface area contributed by atoms with Gasteiger partial charge < -0.3 is 19.4 Å². The van der Waals surface area contributed by atoms with Crippen LogP contribution in [0.5, 0.6) is 11.5 Å². The summed E-state index contributed by atoms with van der Waals surface area (Å²) >= 11 is 1.41. The Labute approximate surface area is 151 Å². The Balaban J connectivity index is 1.57. The van der Waals surface area contributed by atoms with E-state index < -0.39 is 0 Å². The largest absolute Gasteiger partial charge is 0.454 e. The van der Waals surface area contributed by atoms with E-state index >= 15 is 0 Å². The van der Waals surface area contributed by atoms with Crippen molar-refractivity contribution in [1.29, 1.82) is 0 Å². The number of fused-ring (bicyclic) bond motifs is 1. The molecule has 0 saturated heterocycles. The van der Waals surface area contributed by atoms with Gasteiger partial charge in [-0.05, 0) is 25.5 Å². The topological polar surface area (TPSA) is 78.3 Å². The minimum Gasteiger partial charge on any atom is -0.454 e. The van der Waals surface area contributed by atoms with Crippen molar-refractivity contribution in [2.24, 2.45) is 0 Å². The van der Waals surface area contributed by atoms with E-state index in [0.717, 1.165) is 18.1 Å². The van der Waals surface area contributed by atoms with Gasteiger partial charge in [0, 0.05) is 18.3 Å². The van der Waals surface area contributed by atoms with Crippen LogP contribution in [-0.2, 0) is 11.3 Å². The van der Waals surface area contributed by atoms with Crippen molar-refractivity contribution in [3.63, 3.8) is 0 Å². The van der Waals surface area contributed by atoms with Crippen LogP contribution in [0, 0.1) is 0 Å². The molecule has 0 spiro atoms. The molecule has 1 amide bonds. The van der Waals surface area contributed by atoms with Gasteiger partial charge in [-0.3, -0.25) is 4.79 Å². The number of carbonyl (C=O) groups excluding carboxylic acids is 1. The second-order valence-corrected chi connectivity index (χ2v) is 7.14. The monoisotopic (exact) mass is 362 g/mol. The highest BCUT2D eigenvalue weighted by molar-refractivity contribution is 8.00. The van der Waals surface area contributed by atoms with Gasteiger partial charge in [0.1, 0.15) is 6.33 Å². The molecule has 3 rings (SSSR count). The van der Waals surface area contributed by atoms with Crippen molar-refractivity contribution in [3.05, 3.63) is 24.5 Å². The van der Waals surface area contributed by atoms with Gasteiger partial charge >= 0.3 is 0 Å². The highest BCUT2D eigenvalue weighted by Crippen LogP contribution is 2.34. The lowest BCUT2D eigenvalue weighted by molar-refractivity contribution is -0.115. The summed E-state index contributed by atoms with van der Waals surface area (Å²) < 4.78 is 12.6. The molecule has 0 fully saturated rings. The van der Waals surface area contributed by atoms with Crippen molar-refractivity contribution in [1.82, 2.24) is 14.8 Å². The quantitative estimate of drug-likeness (QED) is 0.573. The van der Waals surface area contributed by atoms with Crippen LogP contribution in [0.4, 0.5) is 5.69 Å². The van der Waals surface area contributed by atoms with Crippen LogP contribution < -0.4 is 14.8 Å². The van der Waals surface area contributed by atoms with Crippen molar-refractivity contribution < 1.29 is 14.3 Å². The Kier molecular flexibility index (Phi) is 5.80. The molecule has 134 valence electrons.